The van der Waals surface area contributed by atoms with Crippen molar-refractivity contribution < 1.29 is 0 Å². The van der Waals surface area contributed by atoms with Crippen LogP contribution in [0.2, 0.25) is 0 Å². The summed E-state index contributed by atoms with van der Waals surface area (Å²) in [6.45, 7) is 7.18. The normalized spacial score (nSPS) is 11.5. The lowest BCUT2D eigenvalue weighted by Gasteiger charge is -2.33. The molecular formula is C11H20N4. The molecule has 0 aliphatic rings. The van der Waals surface area contributed by atoms with Crippen LogP contribution >= 0.6 is 0 Å². The molecule has 1 aromatic rings. The SMILES string of the molecule is CNCc1nccc(N(C)C(C)(C)C)n1. The van der Waals surface area contributed by atoms with Crippen molar-refractivity contribution in [1.29, 1.82) is 0 Å². The molecule has 0 unspecified atom stereocenters. The van der Waals surface area contributed by atoms with Crippen LogP contribution in [0.1, 0.15) is 26.6 Å². The smallest absolute Gasteiger partial charge is 0.144 e. The summed E-state index contributed by atoms with van der Waals surface area (Å²) in [6, 6.07) is 1.93. The lowest BCUT2D eigenvalue weighted by Crippen LogP contribution is -2.38. The number of hydrogen-bond acceptors (Lipinski definition) is 4. The maximum atomic E-state index is 4.48. The largest absolute Gasteiger partial charge is 0.355 e. The molecule has 0 aliphatic heterocycles. The lowest BCUT2D eigenvalue weighted by atomic mass is 10.1. The highest BCUT2D eigenvalue weighted by atomic mass is 15.2. The van der Waals surface area contributed by atoms with Crippen molar-refractivity contribution in [2.75, 3.05) is 19.0 Å². The van der Waals surface area contributed by atoms with Crippen LogP contribution in [0.15, 0.2) is 12.3 Å². The van der Waals surface area contributed by atoms with E-state index in [0.717, 1.165) is 11.6 Å². The van der Waals surface area contributed by atoms with E-state index < -0.39 is 0 Å². The summed E-state index contributed by atoms with van der Waals surface area (Å²) in [5.41, 5.74) is 0.0747. The minimum Gasteiger partial charge on any atom is -0.355 e. The van der Waals surface area contributed by atoms with E-state index in [4.69, 9.17) is 0 Å². The Bertz CT molecular complexity index is 317. The molecule has 1 aromatic heterocycles. The zero-order chi connectivity index (χ0) is 11.5. The van der Waals surface area contributed by atoms with Crippen LogP contribution in [0.4, 0.5) is 5.82 Å². The molecule has 0 aliphatic carbocycles. The lowest BCUT2D eigenvalue weighted by molar-refractivity contribution is 0.532. The third-order valence-electron chi connectivity index (χ3n) is 2.38. The summed E-state index contributed by atoms with van der Waals surface area (Å²) in [4.78, 5) is 10.8. The molecule has 0 radical (unpaired) electrons. The molecule has 15 heavy (non-hydrogen) atoms. The molecule has 1 heterocycles. The van der Waals surface area contributed by atoms with Crippen LogP contribution in [0.5, 0.6) is 0 Å². The highest BCUT2D eigenvalue weighted by Crippen LogP contribution is 2.18. The van der Waals surface area contributed by atoms with E-state index in [9.17, 15) is 0 Å². The average molecular weight is 208 g/mol. The Labute approximate surface area is 91.7 Å². The monoisotopic (exact) mass is 208 g/mol. The predicted octanol–water partition coefficient (Wildman–Crippen LogP) is 1.43. The molecule has 0 aromatic carbocycles. The summed E-state index contributed by atoms with van der Waals surface area (Å²) in [7, 11) is 3.94. The third-order valence-corrected chi connectivity index (χ3v) is 2.38. The number of anilines is 1. The van der Waals surface area contributed by atoms with Gasteiger partial charge in [-0.2, -0.15) is 0 Å². The molecule has 0 atom stereocenters. The zero-order valence-corrected chi connectivity index (χ0v) is 10.2. The van der Waals surface area contributed by atoms with Crippen LogP contribution in [0.3, 0.4) is 0 Å². The van der Waals surface area contributed by atoms with Gasteiger partial charge in [0.25, 0.3) is 0 Å². The van der Waals surface area contributed by atoms with Crippen LogP contribution in [-0.4, -0.2) is 29.6 Å². The Morgan fingerprint density at radius 2 is 2.07 bits per heavy atom. The first-order valence-electron chi connectivity index (χ1n) is 5.15. The number of nitrogens with zero attached hydrogens (tertiary/aromatic N) is 3. The van der Waals surface area contributed by atoms with Gasteiger partial charge in [-0.05, 0) is 33.9 Å². The highest BCUT2D eigenvalue weighted by molar-refractivity contribution is 5.39. The van der Waals surface area contributed by atoms with Crippen LogP contribution < -0.4 is 10.2 Å². The Kier molecular flexibility index (Phi) is 3.63. The number of aromatic nitrogens is 2. The maximum absolute atomic E-state index is 4.48. The topological polar surface area (TPSA) is 41.1 Å². The van der Waals surface area contributed by atoms with Gasteiger partial charge in [0.15, 0.2) is 0 Å². The molecule has 0 bridgehead atoms. The van der Waals surface area contributed by atoms with Crippen molar-refractivity contribution in [2.24, 2.45) is 0 Å². The summed E-state index contributed by atoms with van der Waals surface area (Å²) < 4.78 is 0. The second-order valence-corrected chi connectivity index (χ2v) is 4.59. The van der Waals surface area contributed by atoms with Gasteiger partial charge >= 0.3 is 0 Å². The van der Waals surface area contributed by atoms with Gasteiger partial charge in [0.1, 0.15) is 11.6 Å². The minimum absolute atomic E-state index is 0.0747. The fraction of sp³-hybridized carbons (Fsp3) is 0.636. The van der Waals surface area contributed by atoms with E-state index in [1.54, 1.807) is 6.20 Å². The molecule has 4 nitrogen and oxygen atoms in total. The highest BCUT2D eigenvalue weighted by Gasteiger charge is 2.18. The van der Waals surface area contributed by atoms with Crippen molar-refractivity contribution in [3.05, 3.63) is 18.1 Å². The van der Waals surface area contributed by atoms with E-state index >= 15 is 0 Å². The van der Waals surface area contributed by atoms with E-state index in [2.05, 4.69) is 41.0 Å². The molecule has 0 fully saturated rings. The summed E-state index contributed by atoms with van der Waals surface area (Å²) in [5, 5.41) is 3.05. The van der Waals surface area contributed by atoms with Crippen molar-refractivity contribution in [3.63, 3.8) is 0 Å². The van der Waals surface area contributed by atoms with Gasteiger partial charge in [-0.3, -0.25) is 0 Å². The van der Waals surface area contributed by atoms with Gasteiger partial charge in [-0.25, -0.2) is 9.97 Å². The Hall–Kier alpha value is -1.16. The molecule has 84 valence electrons. The molecule has 1 rings (SSSR count). The fourth-order valence-corrected chi connectivity index (χ4v) is 1.16. The van der Waals surface area contributed by atoms with Gasteiger partial charge in [-0.15, -0.1) is 0 Å². The molecule has 0 spiro atoms. The quantitative estimate of drug-likeness (QED) is 0.816. The molecular weight excluding hydrogens is 188 g/mol. The summed E-state index contributed by atoms with van der Waals surface area (Å²) in [5.74, 6) is 1.79. The van der Waals surface area contributed by atoms with E-state index in [-0.39, 0.29) is 5.54 Å². The summed E-state index contributed by atoms with van der Waals surface area (Å²) in [6.07, 6.45) is 1.80. The first-order chi connectivity index (χ1) is 6.95. The first-order valence-corrected chi connectivity index (χ1v) is 5.15. The number of nitrogens with one attached hydrogen (secondary N) is 1. The van der Waals surface area contributed by atoms with Crippen molar-refractivity contribution in [3.8, 4) is 0 Å². The Morgan fingerprint density at radius 3 is 2.60 bits per heavy atom. The van der Waals surface area contributed by atoms with E-state index in [1.165, 1.54) is 0 Å². The molecule has 1 N–H and O–H groups in total. The first kappa shape index (κ1) is 11.9. The van der Waals surface area contributed by atoms with E-state index in [0.29, 0.717) is 6.54 Å². The van der Waals surface area contributed by atoms with E-state index in [1.807, 2.05) is 20.2 Å². The maximum Gasteiger partial charge on any atom is 0.144 e. The molecule has 0 saturated heterocycles. The van der Waals surface area contributed by atoms with Gasteiger partial charge < -0.3 is 10.2 Å². The fourth-order valence-electron chi connectivity index (χ4n) is 1.16. The van der Waals surface area contributed by atoms with Crippen molar-refractivity contribution in [2.45, 2.75) is 32.9 Å². The Balaban J connectivity index is 2.90. The number of rotatable bonds is 3. The van der Waals surface area contributed by atoms with Gasteiger partial charge in [0.05, 0.1) is 6.54 Å². The minimum atomic E-state index is 0.0747. The molecule has 4 heteroatoms. The Morgan fingerprint density at radius 1 is 1.40 bits per heavy atom. The second-order valence-electron chi connectivity index (χ2n) is 4.59. The number of hydrogen-bond donors (Lipinski definition) is 1. The predicted molar refractivity (Wildman–Crippen MR) is 63.0 cm³/mol. The summed E-state index contributed by atoms with van der Waals surface area (Å²) >= 11 is 0. The molecule has 0 amide bonds. The van der Waals surface area contributed by atoms with Crippen LogP contribution in [0, 0.1) is 0 Å². The zero-order valence-electron chi connectivity index (χ0n) is 10.2. The molecule has 0 saturated carbocycles. The van der Waals surface area contributed by atoms with Gasteiger partial charge in [-0.1, -0.05) is 0 Å². The van der Waals surface area contributed by atoms with Crippen LogP contribution in [0.25, 0.3) is 0 Å². The average Bonchev–Trinajstić information content (AvgIpc) is 2.16. The standard InChI is InChI=1S/C11H20N4/c1-11(2,3)15(5)10-6-7-13-9(14-10)8-12-4/h6-7,12H,8H2,1-5H3. The van der Waals surface area contributed by atoms with Crippen molar-refractivity contribution >= 4 is 5.82 Å². The van der Waals surface area contributed by atoms with Gasteiger partial charge in [0, 0.05) is 18.8 Å². The van der Waals surface area contributed by atoms with Gasteiger partial charge in [0.2, 0.25) is 0 Å². The second kappa shape index (κ2) is 4.57. The third kappa shape index (κ3) is 3.16. The van der Waals surface area contributed by atoms with Crippen molar-refractivity contribution in [1.82, 2.24) is 15.3 Å². The van der Waals surface area contributed by atoms with Crippen LogP contribution in [-0.2, 0) is 6.54 Å².